The molecule has 26 heavy (non-hydrogen) atoms. The number of benzene rings is 2. The summed E-state index contributed by atoms with van der Waals surface area (Å²) in [6.45, 7) is 3.87. The quantitative estimate of drug-likeness (QED) is 0.471. The van der Waals surface area contributed by atoms with Crippen LogP contribution in [0.1, 0.15) is 22.3 Å². The molecule has 6 nitrogen and oxygen atoms in total. The molecule has 0 unspecified atom stereocenters. The maximum absolute atomic E-state index is 12.0. The zero-order valence-electron chi connectivity index (χ0n) is 15.1. The molecule has 0 heterocycles. The summed E-state index contributed by atoms with van der Waals surface area (Å²) in [6.07, 6.45) is 1.83. The average molecular weight is 354 g/mol. The predicted molar refractivity (Wildman–Crippen MR) is 99.3 cm³/mol. The second-order valence-corrected chi connectivity index (χ2v) is 5.83. The van der Waals surface area contributed by atoms with Gasteiger partial charge in [0.25, 0.3) is 0 Å². The third-order valence-corrected chi connectivity index (χ3v) is 3.72. The van der Waals surface area contributed by atoms with Crippen LogP contribution < -0.4 is 10.2 Å². The molecule has 0 aliphatic carbocycles. The molecule has 1 amide bonds. The maximum atomic E-state index is 12.0. The van der Waals surface area contributed by atoms with E-state index in [0.29, 0.717) is 5.75 Å². The molecule has 0 atom stereocenters. The van der Waals surface area contributed by atoms with E-state index in [1.165, 1.54) is 12.7 Å². The minimum absolute atomic E-state index is 0.140. The van der Waals surface area contributed by atoms with Gasteiger partial charge in [0.05, 0.1) is 19.7 Å². The van der Waals surface area contributed by atoms with Crippen LogP contribution >= 0.6 is 0 Å². The lowest BCUT2D eigenvalue weighted by molar-refractivity contribution is -0.142. The number of carbonyl (C=O) groups excluding carboxylic acids is 2. The number of hydrogen-bond acceptors (Lipinski definition) is 5. The van der Waals surface area contributed by atoms with Crippen molar-refractivity contribution in [3.63, 3.8) is 0 Å². The monoisotopic (exact) mass is 354 g/mol. The topological polar surface area (TPSA) is 77.0 Å². The summed E-state index contributed by atoms with van der Waals surface area (Å²) in [5.74, 6) is -0.0696. The van der Waals surface area contributed by atoms with Crippen molar-refractivity contribution in [3.05, 3.63) is 64.7 Å². The highest BCUT2D eigenvalue weighted by molar-refractivity contribution is 5.83. The van der Waals surface area contributed by atoms with E-state index in [1.807, 2.05) is 26.0 Å². The van der Waals surface area contributed by atoms with E-state index in [9.17, 15) is 9.59 Å². The van der Waals surface area contributed by atoms with Crippen molar-refractivity contribution in [1.82, 2.24) is 5.43 Å². The molecule has 0 saturated carbocycles. The first-order chi connectivity index (χ1) is 12.5. The fraction of sp³-hybridized carbons (Fsp3) is 0.250. The van der Waals surface area contributed by atoms with Gasteiger partial charge in [-0.1, -0.05) is 23.8 Å². The van der Waals surface area contributed by atoms with Crippen molar-refractivity contribution in [2.45, 2.75) is 20.3 Å². The minimum atomic E-state index is -0.442. The van der Waals surface area contributed by atoms with Crippen LogP contribution in [-0.4, -0.2) is 31.8 Å². The molecule has 2 rings (SSSR count). The first-order valence-electron chi connectivity index (χ1n) is 8.15. The molecule has 136 valence electrons. The fourth-order valence-corrected chi connectivity index (χ4v) is 2.29. The Hall–Kier alpha value is -3.15. The van der Waals surface area contributed by atoms with Gasteiger partial charge in [0.2, 0.25) is 5.91 Å². The van der Waals surface area contributed by atoms with Crippen molar-refractivity contribution >= 4 is 18.1 Å². The Morgan fingerprint density at radius 3 is 2.50 bits per heavy atom. The van der Waals surface area contributed by atoms with Gasteiger partial charge in [-0.2, -0.15) is 5.10 Å². The van der Waals surface area contributed by atoms with E-state index < -0.39 is 5.97 Å². The van der Waals surface area contributed by atoms with E-state index in [0.717, 1.165) is 16.7 Å². The van der Waals surface area contributed by atoms with Crippen molar-refractivity contribution < 1.29 is 19.1 Å². The van der Waals surface area contributed by atoms with Crippen molar-refractivity contribution in [1.29, 1.82) is 0 Å². The number of amides is 1. The van der Waals surface area contributed by atoms with Gasteiger partial charge in [-0.3, -0.25) is 4.79 Å². The summed E-state index contributed by atoms with van der Waals surface area (Å²) in [5, 5.41) is 3.96. The number of aryl methyl sites for hydroxylation is 2. The minimum Gasteiger partial charge on any atom is -0.482 e. The molecule has 2 aromatic carbocycles. The summed E-state index contributed by atoms with van der Waals surface area (Å²) >= 11 is 0. The Morgan fingerprint density at radius 1 is 1.12 bits per heavy atom. The largest absolute Gasteiger partial charge is 0.482 e. The maximum Gasteiger partial charge on any atom is 0.343 e. The molecule has 1 N–H and O–H groups in total. The Morgan fingerprint density at radius 2 is 1.85 bits per heavy atom. The summed E-state index contributed by atoms with van der Waals surface area (Å²) in [5.41, 5.74) is 6.56. The van der Waals surface area contributed by atoms with Crippen LogP contribution in [0.15, 0.2) is 47.6 Å². The smallest absolute Gasteiger partial charge is 0.343 e. The fourth-order valence-electron chi connectivity index (χ4n) is 2.29. The number of nitrogens with one attached hydrogen (secondary N) is 1. The van der Waals surface area contributed by atoms with Gasteiger partial charge < -0.3 is 9.47 Å². The molecular formula is C20H22N2O4. The number of methoxy groups -OCH3 is 1. The Balaban J connectivity index is 1.83. The average Bonchev–Trinajstić information content (AvgIpc) is 2.63. The van der Waals surface area contributed by atoms with Crippen LogP contribution in [0.2, 0.25) is 0 Å². The number of nitrogens with zero attached hydrogens (tertiary/aromatic N) is 1. The molecule has 0 spiro atoms. The molecule has 2 aromatic rings. The second kappa shape index (κ2) is 9.36. The molecule has 0 bridgehead atoms. The van der Waals surface area contributed by atoms with Gasteiger partial charge >= 0.3 is 5.97 Å². The highest BCUT2D eigenvalue weighted by Gasteiger charge is 2.05. The van der Waals surface area contributed by atoms with Crippen LogP contribution in [0.4, 0.5) is 0 Å². The molecule has 6 heteroatoms. The van der Waals surface area contributed by atoms with Crippen LogP contribution in [0.25, 0.3) is 0 Å². The standard InChI is InChI=1S/C20H22N2O4/c1-14-4-7-17(15(2)10-14)11-19(23)22-21-12-16-5-8-18(9-6-16)26-13-20(24)25-3/h4-10,12H,11,13H2,1-3H3,(H,22,23)/b21-12-. The lowest BCUT2D eigenvalue weighted by Gasteiger charge is -2.06. The van der Waals surface area contributed by atoms with E-state index in [-0.39, 0.29) is 18.9 Å². The summed E-state index contributed by atoms with van der Waals surface area (Å²) in [7, 11) is 1.31. The lowest BCUT2D eigenvalue weighted by Crippen LogP contribution is -2.20. The van der Waals surface area contributed by atoms with E-state index in [2.05, 4.69) is 21.3 Å². The van der Waals surface area contributed by atoms with Crippen molar-refractivity contribution in [3.8, 4) is 5.75 Å². The van der Waals surface area contributed by atoms with Crippen molar-refractivity contribution in [2.75, 3.05) is 13.7 Å². The molecule has 0 radical (unpaired) electrons. The van der Waals surface area contributed by atoms with Gasteiger partial charge in [-0.15, -0.1) is 0 Å². The number of rotatable bonds is 7. The molecule has 0 fully saturated rings. The Kier molecular flexibility index (Phi) is 6.91. The van der Waals surface area contributed by atoms with Crippen LogP contribution in [-0.2, 0) is 20.7 Å². The third-order valence-electron chi connectivity index (χ3n) is 3.72. The third kappa shape index (κ3) is 6.05. The lowest BCUT2D eigenvalue weighted by atomic mass is 10.0. The number of carbonyl (C=O) groups is 2. The number of hydrazone groups is 1. The molecular weight excluding hydrogens is 332 g/mol. The SMILES string of the molecule is COC(=O)COc1ccc(/C=N\NC(=O)Cc2ccc(C)cc2C)cc1. The normalized spacial score (nSPS) is 10.6. The highest BCUT2D eigenvalue weighted by Crippen LogP contribution is 2.12. The second-order valence-electron chi connectivity index (χ2n) is 5.83. The van der Waals surface area contributed by atoms with Gasteiger partial charge in [0.1, 0.15) is 5.75 Å². The van der Waals surface area contributed by atoms with E-state index in [4.69, 9.17) is 4.74 Å². The molecule has 0 saturated heterocycles. The van der Waals surface area contributed by atoms with E-state index >= 15 is 0 Å². The predicted octanol–water partition coefficient (Wildman–Crippen LogP) is 2.55. The van der Waals surface area contributed by atoms with Crippen LogP contribution in [0, 0.1) is 13.8 Å². The van der Waals surface area contributed by atoms with Crippen molar-refractivity contribution in [2.24, 2.45) is 5.10 Å². The first-order valence-corrected chi connectivity index (χ1v) is 8.15. The zero-order valence-corrected chi connectivity index (χ0v) is 15.1. The Labute approximate surface area is 152 Å². The van der Waals surface area contributed by atoms with Crippen LogP contribution in [0.5, 0.6) is 5.75 Å². The summed E-state index contributed by atoms with van der Waals surface area (Å²) < 4.78 is 9.76. The van der Waals surface area contributed by atoms with Gasteiger partial charge in [0.15, 0.2) is 6.61 Å². The van der Waals surface area contributed by atoms with Gasteiger partial charge in [0, 0.05) is 0 Å². The summed E-state index contributed by atoms with van der Waals surface area (Å²) in [6, 6.07) is 13.0. The van der Waals surface area contributed by atoms with Gasteiger partial charge in [-0.25, -0.2) is 10.2 Å². The zero-order chi connectivity index (χ0) is 18.9. The van der Waals surface area contributed by atoms with E-state index in [1.54, 1.807) is 30.5 Å². The first kappa shape index (κ1) is 19.2. The highest BCUT2D eigenvalue weighted by atomic mass is 16.6. The van der Waals surface area contributed by atoms with Gasteiger partial charge in [-0.05, 0) is 54.8 Å². The van der Waals surface area contributed by atoms with Crippen LogP contribution in [0.3, 0.4) is 0 Å². The molecule has 0 aliphatic heterocycles. The number of ether oxygens (including phenoxy) is 2. The number of esters is 1. The Bertz CT molecular complexity index is 798. The molecule has 0 aromatic heterocycles. The molecule has 0 aliphatic rings. The summed E-state index contributed by atoms with van der Waals surface area (Å²) in [4.78, 5) is 23.0. The number of hydrogen-bond donors (Lipinski definition) is 1.